The Kier molecular flexibility index (Phi) is 3.65. The molecule has 0 amide bonds. The SMILES string of the molecule is CCCC1Cc2cccc(-c3ccccc3)c2CN1. The summed E-state index contributed by atoms with van der Waals surface area (Å²) in [4.78, 5) is 0. The first-order chi connectivity index (χ1) is 9.38. The molecule has 0 aromatic heterocycles. The van der Waals surface area contributed by atoms with E-state index in [0.29, 0.717) is 6.04 Å². The van der Waals surface area contributed by atoms with Crippen LogP contribution in [0, 0.1) is 0 Å². The summed E-state index contributed by atoms with van der Waals surface area (Å²) in [6.07, 6.45) is 3.70. The molecule has 2 aromatic carbocycles. The number of fused-ring (bicyclic) bond motifs is 1. The minimum Gasteiger partial charge on any atom is -0.310 e. The normalized spacial score (nSPS) is 18.1. The summed E-state index contributed by atoms with van der Waals surface area (Å²) in [5.74, 6) is 0. The molecule has 1 aliphatic rings. The number of hydrogen-bond donors (Lipinski definition) is 1. The molecular formula is C18H21N. The van der Waals surface area contributed by atoms with Gasteiger partial charge in [-0.1, -0.05) is 61.9 Å². The lowest BCUT2D eigenvalue weighted by Crippen LogP contribution is -2.35. The van der Waals surface area contributed by atoms with E-state index < -0.39 is 0 Å². The average molecular weight is 251 g/mol. The Morgan fingerprint density at radius 3 is 2.68 bits per heavy atom. The van der Waals surface area contributed by atoms with E-state index in [1.807, 2.05) is 0 Å². The number of hydrogen-bond acceptors (Lipinski definition) is 1. The van der Waals surface area contributed by atoms with E-state index in [-0.39, 0.29) is 0 Å². The van der Waals surface area contributed by atoms with Crippen molar-refractivity contribution in [2.24, 2.45) is 0 Å². The van der Waals surface area contributed by atoms with Gasteiger partial charge in [0, 0.05) is 12.6 Å². The molecule has 19 heavy (non-hydrogen) atoms. The van der Waals surface area contributed by atoms with Gasteiger partial charge in [-0.2, -0.15) is 0 Å². The maximum Gasteiger partial charge on any atom is 0.0217 e. The van der Waals surface area contributed by atoms with Gasteiger partial charge in [-0.3, -0.25) is 0 Å². The summed E-state index contributed by atoms with van der Waals surface area (Å²) in [5.41, 5.74) is 5.73. The topological polar surface area (TPSA) is 12.0 Å². The molecule has 1 nitrogen and oxygen atoms in total. The Morgan fingerprint density at radius 2 is 1.89 bits per heavy atom. The van der Waals surface area contributed by atoms with Crippen molar-refractivity contribution in [1.29, 1.82) is 0 Å². The summed E-state index contributed by atoms with van der Waals surface area (Å²) in [6.45, 7) is 3.27. The molecule has 0 aliphatic carbocycles. The summed E-state index contributed by atoms with van der Waals surface area (Å²) >= 11 is 0. The summed E-state index contributed by atoms with van der Waals surface area (Å²) in [7, 11) is 0. The second kappa shape index (κ2) is 5.58. The fraction of sp³-hybridized carbons (Fsp3) is 0.333. The first-order valence-corrected chi connectivity index (χ1v) is 7.28. The van der Waals surface area contributed by atoms with Crippen LogP contribution in [0.4, 0.5) is 0 Å². The van der Waals surface area contributed by atoms with Gasteiger partial charge in [-0.05, 0) is 35.1 Å². The van der Waals surface area contributed by atoms with E-state index in [0.717, 1.165) is 6.54 Å². The van der Waals surface area contributed by atoms with Crippen LogP contribution in [0.15, 0.2) is 48.5 Å². The summed E-state index contributed by atoms with van der Waals surface area (Å²) in [6, 6.07) is 18.1. The molecule has 1 heteroatoms. The Hall–Kier alpha value is -1.60. The molecule has 2 aromatic rings. The lowest BCUT2D eigenvalue weighted by atomic mass is 9.88. The lowest BCUT2D eigenvalue weighted by molar-refractivity contribution is 0.449. The second-order valence-corrected chi connectivity index (χ2v) is 5.38. The van der Waals surface area contributed by atoms with E-state index >= 15 is 0 Å². The Morgan fingerprint density at radius 1 is 1.05 bits per heavy atom. The van der Waals surface area contributed by atoms with Crippen molar-refractivity contribution >= 4 is 0 Å². The van der Waals surface area contributed by atoms with Crippen LogP contribution in [-0.2, 0) is 13.0 Å². The fourth-order valence-electron chi connectivity index (χ4n) is 3.06. The maximum atomic E-state index is 3.69. The predicted octanol–water partition coefficient (Wildman–Crippen LogP) is 4.17. The zero-order chi connectivity index (χ0) is 13.1. The van der Waals surface area contributed by atoms with Crippen molar-refractivity contribution in [3.05, 3.63) is 59.7 Å². The van der Waals surface area contributed by atoms with Crippen LogP contribution in [0.3, 0.4) is 0 Å². The Labute approximate surface area is 115 Å². The molecule has 1 atom stereocenters. The van der Waals surface area contributed by atoms with Gasteiger partial charge in [0.25, 0.3) is 0 Å². The average Bonchev–Trinajstić information content (AvgIpc) is 2.48. The van der Waals surface area contributed by atoms with Crippen molar-refractivity contribution in [3.63, 3.8) is 0 Å². The van der Waals surface area contributed by atoms with Crippen LogP contribution < -0.4 is 5.32 Å². The molecule has 1 N–H and O–H groups in total. The predicted molar refractivity (Wildman–Crippen MR) is 81.1 cm³/mol. The zero-order valence-electron chi connectivity index (χ0n) is 11.5. The van der Waals surface area contributed by atoms with Gasteiger partial charge in [0.1, 0.15) is 0 Å². The van der Waals surface area contributed by atoms with E-state index in [1.165, 1.54) is 41.5 Å². The van der Waals surface area contributed by atoms with Crippen molar-refractivity contribution in [3.8, 4) is 11.1 Å². The first-order valence-electron chi connectivity index (χ1n) is 7.28. The van der Waals surface area contributed by atoms with Crippen molar-refractivity contribution in [1.82, 2.24) is 5.32 Å². The van der Waals surface area contributed by atoms with Crippen LogP contribution in [0.5, 0.6) is 0 Å². The van der Waals surface area contributed by atoms with Crippen molar-refractivity contribution < 1.29 is 0 Å². The Balaban J connectivity index is 1.95. The molecule has 0 spiro atoms. The first kappa shape index (κ1) is 12.4. The summed E-state index contributed by atoms with van der Waals surface area (Å²) < 4.78 is 0. The number of rotatable bonds is 3. The van der Waals surface area contributed by atoms with Crippen molar-refractivity contribution in [2.75, 3.05) is 0 Å². The molecular weight excluding hydrogens is 230 g/mol. The lowest BCUT2D eigenvalue weighted by Gasteiger charge is -2.27. The molecule has 98 valence electrons. The molecule has 0 saturated heterocycles. The van der Waals surface area contributed by atoms with Gasteiger partial charge < -0.3 is 5.32 Å². The monoisotopic (exact) mass is 251 g/mol. The standard InChI is InChI=1S/C18H21N/c1-2-7-16-12-15-10-6-11-17(18(15)13-19-16)14-8-4-3-5-9-14/h3-6,8-11,16,19H,2,7,12-13H2,1H3. The highest BCUT2D eigenvalue weighted by Gasteiger charge is 2.19. The van der Waals surface area contributed by atoms with Crippen molar-refractivity contribution in [2.45, 2.75) is 38.8 Å². The number of benzene rings is 2. The molecule has 0 bridgehead atoms. The second-order valence-electron chi connectivity index (χ2n) is 5.38. The highest BCUT2D eigenvalue weighted by atomic mass is 14.9. The third-order valence-electron chi connectivity index (χ3n) is 4.03. The minimum absolute atomic E-state index is 0.656. The van der Waals surface area contributed by atoms with Crippen LogP contribution >= 0.6 is 0 Å². The third-order valence-corrected chi connectivity index (χ3v) is 4.03. The quantitative estimate of drug-likeness (QED) is 0.863. The summed E-state index contributed by atoms with van der Waals surface area (Å²) in [5, 5.41) is 3.69. The smallest absolute Gasteiger partial charge is 0.0217 e. The highest BCUT2D eigenvalue weighted by molar-refractivity contribution is 5.69. The van der Waals surface area contributed by atoms with E-state index in [1.54, 1.807) is 0 Å². The maximum absolute atomic E-state index is 3.69. The van der Waals surface area contributed by atoms with Gasteiger partial charge >= 0.3 is 0 Å². The van der Waals surface area contributed by atoms with Crippen LogP contribution in [-0.4, -0.2) is 6.04 Å². The molecule has 0 radical (unpaired) electrons. The molecule has 3 rings (SSSR count). The van der Waals surface area contributed by atoms with Gasteiger partial charge in [-0.25, -0.2) is 0 Å². The Bertz CT molecular complexity index is 545. The fourth-order valence-corrected chi connectivity index (χ4v) is 3.06. The van der Waals surface area contributed by atoms with Gasteiger partial charge in [0.2, 0.25) is 0 Å². The third kappa shape index (κ3) is 2.57. The molecule has 0 fully saturated rings. The van der Waals surface area contributed by atoms with Crippen LogP contribution in [0.2, 0.25) is 0 Å². The van der Waals surface area contributed by atoms with E-state index in [9.17, 15) is 0 Å². The van der Waals surface area contributed by atoms with E-state index in [4.69, 9.17) is 0 Å². The molecule has 1 unspecified atom stereocenters. The largest absolute Gasteiger partial charge is 0.310 e. The van der Waals surface area contributed by atoms with Crippen LogP contribution in [0.1, 0.15) is 30.9 Å². The highest BCUT2D eigenvalue weighted by Crippen LogP contribution is 2.29. The molecule has 1 heterocycles. The molecule has 0 saturated carbocycles. The van der Waals surface area contributed by atoms with E-state index in [2.05, 4.69) is 60.8 Å². The van der Waals surface area contributed by atoms with Crippen LogP contribution in [0.25, 0.3) is 11.1 Å². The van der Waals surface area contributed by atoms with Gasteiger partial charge in [0.05, 0.1) is 0 Å². The molecule has 1 aliphatic heterocycles. The zero-order valence-corrected chi connectivity index (χ0v) is 11.5. The van der Waals surface area contributed by atoms with Gasteiger partial charge in [-0.15, -0.1) is 0 Å². The van der Waals surface area contributed by atoms with Gasteiger partial charge in [0.15, 0.2) is 0 Å². The minimum atomic E-state index is 0.656. The number of nitrogens with one attached hydrogen (secondary N) is 1.